The highest BCUT2D eigenvalue weighted by molar-refractivity contribution is 6.28. The van der Waals surface area contributed by atoms with Gasteiger partial charge in [0, 0.05) is 0 Å². The van der Waals surface area contributed by atoms with Crippen molar-refractivity contribution in [2.24, 2.45) is 0 Å². The topological polar surface area (TPSA) is 104 Å². The monoisotopic (exact) mass is 363 g/mol. The molecule has 2 aliphatic heterocycles. The zero-order chi connectivity index (χ0) is 19.1. The Morgan fingerprint density at radius 1 is 0.778 bits per heavy atom. The molecule has 0 aromatic heterocycles. The van der Waals surface area contributed by atoms with E-state index in [1.54, 1.807) is 42.5 Å². The van der Waals surface area contributed by atoms with Crippen molar-refractivity contribution < 1.29 is 24.0 Å². The smallest absolute Gasteiger partial charge is 0.275 e. The summed E-state index contributed by atoms with van der Waals surface area (Å²) in [5, 5.41) is 2.06. The van der Waals surface area contributed by atoms with Crippen LogP contribution in [0.1, 0.15) is 26.3 Å². The second kappa shape index (κ2) is 6.17. The minimum Gasteiger partial charge on any atom is -0.275 e. The number of rotatable bonds is 3. The number of nitrogens with zero attached hydrogens (tertiary/aromatic N) is 2. The highest BCUT2D eigenvalue weighted by Crippen LogP contribution is 2.26. The van der Waals surface area contributed by atoms with Crippen molar-refractivity contribution in [1.29, 1.82) is 0 Å². The largest absolute Gasteiger partial charge is 0.331 e. The summed E-state index contributed by atoms with van der Waals surface area (Å²) >= 11 is 0. The number of imide groups is 3. The minimum absolute atomic E-state index is 0.0849. The van der Waals surface area contributed by atoms with Gasteiger partial charge in [0.1, 0.15) is 0 Å². The predicted molar refractivity (Wildman–Crippen MR) is 91.3 cm³/mol. The Morgan fingerprint density at radius 2 is 1.33 bits per heavy atom. The van der Waals surface area contributed by atoms with Crippen LogP contribution in [0.15, 0.2) is 54.6 Å². The summed E-state index contributed by atoms with van der Waals surface area (Å²) in [4.78, 5) is 64.0. The summed E-state index contributed by atoms with van der Waals surface area (Å²) in [7, 11) is 0. The average molecular weight is 363 g/mol. The molecule has 1 saturated heterocycles. The maximum atomic E-state index is 12.9. The number of amides is 6. The first-order valence-electron chi connectivity index (χ1n) is 8.16. The molecule has 0 aliphatic carbocycles. The van der Waals surface area contributed by atoms with E-state index in [1.807, 2.05) is 0 Å². The molecular weight excluding hydrogens is 350 g/mol. The third-order valence-corrected chi connectivity index (χ3v) is 4.49. The van der Waals surface area contributed by atoms with Crippen LogP contribution < -0.4 is 5.32 Å². The van der Waals surface area contributed by atoms with Crippen LogP contribution >= 0.6 is 0 Å². The number of benzene rings is 2. The van der Waals surface area contributed by atoms with Gasteiger partial charge in [0.05, 0.1) is 17.7 Å². The predicted octanol–water partition coefficient (Wildman–Crippen LogP) is 0.930. The van der Waals surface area contributed by atoms with Crippen molar-refractivity contribution in [3.8, 4) is 0 Å². The number of carbonyl (C=O) groups is 5. The molecule has 2 heterocycles. The lowest BCUT2D eigenvalue weighted by Crippen LogP contribution is -2.66. The van der Waals surface area contributed by atoms with E-state index in [4.69, 9.17) is 0 Å². The molecule has 8 heteroatoms. The summed E-state index contributed by atoms with van der Waals surface area (Å²) in [6.07, 6.45) is 0. The van der Waals surface area contributed by atoms with Gasteiger partial charge in [-0.1, -0.05) is 42.5 Å². The van der Waals surface area contributed by atoms with Crippen LogP contribution in [0.2, 0.25) is 0 Å². The molecule has 4 rings (SSSR count). The molecule has 1 fully saturated rings. The molecule has 6 amide bonds. The summed E-state index contributed by atoms with van der Waals surface area (Å²) in [5.41, 5.74) is 0.903. The van der Waals surface area contributed by atoms with Gasteiger partial charge in [-0.25, -0.2) is 4.79 Å². The number of fused-ring (bicyclic) bond motifs is 1. The molecule has 0 radical (unpaired) electrons. The summed E-state index contributed by atoms with van der Waals surface area (Å²) in [6, 6.07) is 12.2. The van der Waals surface area contributed by atoms with Crippen LogP contribution in [0.5, 0.6) is 0 Å². The molecule has 2 aliphatic rings. The molecule has 2 aromatic rings. The van der Waals surface area contributed by atoms with Crippen LogP contribution in [0.25, 0.3) is 0 Å². The van der Waals surface area contributed by atoms with Gasteiger partial charge in [-0.15, -0.1) is 0 Å². The van der Waals surface area contributed by atoms with E-state index in [-0.39, 0.29) is 17.7 Å². The third-order valence-electron chi connectivity index (χ3n) is 4.49. The summed E-state index contributed by atoms with van der Waals surface area (Å²) in [5.74, 6) is -3.39. The molecule has 1 N–H and O–H groups in total. The highest BCUT2D eigenvalue weighted by Gasteiger charge is 2.51. The van der Waals surface area contributed by atoms with E-state index in [0.717, 1.165) is 4.90 Å². The first-order chi connectivity index (χ1) is 13.0. The lowest BCUT2D eigenvalue weighted by molar-refractivity contribution is -0.142. The van der Waals surface area contributed by atoms with Crippen LogP contribution in [0.3, 0.4) is 0 Å². The summed E-state index contributed by atoms with van der Waals surface area (Å²) < 4.78 is 0. The van der Waals surface area contributed by atoms with Crippen LogP contribution in [0.4, 0.5) is 4.79 Å². The molecular formula is C19H13N3O5. The van der Waals surface area contributed by atoms with E-state index in [0.29, 0.717) is 10.5 Å². The van der Waals surface area contributed by atoms with Gasteiger partial charge in [-0.2, -0.15) is 0 Å². The maximum Gasteiger partial charge on any atom is 0.331 e. The Morgan fingerprint density at radius 3 is 1.93 bits per heavy atom. The standard InChI is InChI=1S/C19H13N3O5/c23-15-14(22-16(24)12-8-4-5-9-13(12)17(22)25)18(26)21(19(27)20-15)10-11-6-2-1-3-7-11/h1-9,14H,10H2,(H,20,23,27). The maximum absolute atomic E-state index is 12.9. The Labute approximate surface area is 153 Å². The van der Waals surface area contributed by atoms with E-state index in [2.05, 4.69) is 5.32 Å². The Kier molecular flexibility index (Phi) is 3.80. The fraction of sp³-hybridized carbons (Fsp3) is 0.105. The second-order valence-electron chi connectivity index (χ2n) is 6.13. The zero-order valence-corrected chi connectivity index (χ0v) is 13.9. The number of carbonyl (C=O) groups excluding carboxylic acids is 5. The van der Waals surface area contributed by atoms with Crippen molar-refractivity contribution in [3.05, 3.63) is 71.3 Å². The van der Waals surface area contributed by atoms with Crippen molar-refractivity contribution in [3.63, 3.8) is 0 Å². The van der Waals surface area contributed by atoms with Crippen LogP contribution in [-0.4, -0.2) is 45.5 Å². The Bertz CT molecular complexity index is 966. The highest BCUT2D eigenvalue weighted by atomic mass is 16.2. The van der Waals surface area contributed by atoms with Gasteiger partial charge < -0.3 is 0 Å². The molecule has 2 aromatic carbocycles. The molecule has 1 unspecified atom stereocenters. The van der Waals surface area contributed by atoms with E-state index < -0.39 is 35.7 Å². The molecule has 27 heavy (non-hydrogen) atoms. The minimum atomic E-state index is -1.72. The lowest BCUT2D eigenvalue weighted by Gasteiger charge is -2.33. The van der Waals surface area contributed by atoms with E-state index in [1.165, 1.54) is 12.1 Å². The van der Waals surface area contributed by atoms with Gasteiger partial charge >= 0.3 is 6.03 Å². The fourth-order valence-electron chi connectivity index (χ4n) is 3.19. The fourth-order valence-corrected chi connectivity index (χ4v) is 3.19. The second-order valence-corrected chi connectivity index (χ2v) is 6.13. The van der Waals surface area contributed by atoms with Gasteiger partial charge in [0.25, 0.3) is 23.6 Å². The third kappa shape index (κ3) is 2.58. The van der Waals surface area contributed by atoms with Crippen molar-refractivity contribution >= 4 is 29.7 Å². The number of barbiturate groups is 1. The number of hydrogen-bond donors (Lipinski definition) is 1. The molecule has 0 saturated carbocycles. The number of hydrogen-bond acceptors (Lipinski definition) is 5. The van der Waals surface area contributed by atoms with Crippen LogP contribution in [-0.2, 0) is 16.1 Å². The van der Waals surface area contributed by atoms with E-state index in [9.17, 15) is 24.0 Å². The van der Waals surface area contributed by atoms with Crippen molar-refractivity contribution in [1.82, 2.24) is 15.1 Å². The Hall–Kier alpha value is -3.81. The van der Waals surface area contributed by atoms with Crippen molar-refractivity contribution in [2.45, 2.75) is 12.6 Å². The SMILES string of the molecule is O=C1NC(=O)N(Cc2ccccc2)C(=O)C1N1C(=O)c2ccccc2C1=O. The lowest BCUT2D eigenvalue weighted by atomic mass is 10.1. The van der Waals surface area contributed by atoms with Gasteiger partial charge in [0.15, 0.2) is 6.04 Å². The first-order valence-corrected chi connectivity index (χ1v) is 8.16. The van der Waals surface area contributed by atoms with E-state index >= 15 is 0 Å². The van der Waals surface area contributed by atoms with Gasteiger partial charge in [0.2, 0.25) is 0 Å². The molecule has 1 atom stereocenters. The number of urea groups is 1. The van der Waals surface area contributed by atoms with Gasteiger partial charge in [-0.05, 0) is 17.7 Å². The quantitative estimate of drug-likeness (QED) is 0.645. The molecule has 134 valence electrons. The molecule has 8 nitrogen and oxygen atoms in total. The first kappa shape index (κ1) is 16.6. The Balaban J connectivity index is 1.67. The van der Waals surface area contributed by atoms with Gasteiger partial charge in [-0.3, -0.25) is 34.3 Å². The zero-order valence-electron chi connectivity index (χ0n) is 13.9. The molecule has 0 bridgehead atoms. The van der Waals surface area contributed by atoms with Crippen molar-refractivity contribution in [2.75, 3.05) is 0 Å². The molecule has 0 spiro atoms. The average Bonchev–Trinajstić information content (AvgIpc) is 2.91. The number of nitrogens with one attached hydrogen (secondary N) is 1. The summed E-state index contributed by atoms with van der Waals surface area (Å²) in [6.45, 7) is -0.0849. The normalized spacial score (nSPS) is 19.4. The van der Waals surface area contributed by atoms with Crippen LogP contribution in [0, 0.1) is 0 Å².